The van der Waals surface area contributed by atoms with E-state index in [-0.39, 0.29) is 0 Å². The number of fused-ring (bicyclic) bond motifs is 1. The van der Waals surface area contributed by atoms with Gasteiger partial charge in [0.2, 0.25) is 18.2 Å². The summed E-state index contributed by atoms with van der Waals surface area (Å²) in [4.78, 5) is 72.8. The molecule has 0 aromatic heterocycles. The van der Waals surface area contributed by atoms with Crippen LogP contribution in [0.5, 0.6) is 11.5 Å². The third-order valence-electron chi connectivity index (χ3n) is 5.31. The lowest BCUT2D eigenvalue weighted by Gasteiger charge is -2.44. The zero-order valence-electron chi connectivity index (χ0n) is 20.6. The first kappa shape index (κ1) is 28.1. The van der Waals surface area contributed by atoms with Gasteiger partial charge in [0.1, 0.15) is 24.2 Å². The van der Waals surface area contributed by atoms with E-state index in [0.29, 0.717) is 0 Å². The monoisotopic (exact) mass is 536 g/mol. The molecule has 0 bridgehead atoms. The number of esters is 4. The van der Waals surface area contributed by atoms with Crippen LogP contribution >= 0.6 is 0 Å². The first-order chi connectivity index (χ1) is 17.8. The lowest BCUT2D eigenvalue weighted by molar-refractivity contribution is -0.298. The Hall–Kier alpha value is -4.46. The van der Waals surface area contributed by atoms with Crippen molar-refractivity contribution in [1.29, 1.82) is 0 Å². The normalized spacial score (nSPS) is 24.4. The first-order valence-corrected chi connectivity index (χ1v) is 11.1. The smallest absolute Gasteiger partial charge is 0.303 e. The van der Waals surface area contributed by atoms with E-state index in [2.05, 4.69) is 0 Å². The van der Waals surface area contributed by atoms with Crippen LogP contribution in [0.15, 0.2) is 24.0 Å². The summed E-state index contributed by atoms with van der Waals surface area (Å²) in [6.07, 6.45) is -7.10. The summed E-state index contributed by atoms with van der Waals surface area (Å²) in [6, 6.07) is 2.02. The third kappa shape index (κ3) is 6.08. The number of aromatic hydroxyl groups is 2. The Balaban J connectivity index is 2.05. The Morgan fingerprint density at radius 2 is 1.32 bits per heavy atom. The average molecular weight is 536 g/mol. The van der Waals surface area contributed by atoms with Gasteiger partial charge in [0, 0.05) is 33.8 Å². The predicted octanol–water partition coefficient (Wildman–Crippen LogP) is 0.460. The molecule has 0 spiro atoms. The number of phenols is 2. The molecule has 2 N–H and O–H groups in total. The molecular formula is C24H24O14. The number of ether oxygens (including phenoxy) is 6. The van der Waals surface area contributed by atoms with Crippen molar-refractivity contribution >= 4 is 35.4 Å². The highest BCUT2D eigenvalue weighted by Crippen LogP contribution is 2.37. The number of carbonyl (C=O) groups excluding carboxylic acids is 6. The predicted molar refractivity (Wildman–Crippen MR) is 120 cm³/mol. The number of Topliss-reactive ketones (excluding diaryl/α,β-unsaturated/α-hetero) is 1. The SMILES string of the molecule is CC(=O)OC[C@H]1O[C@@H](OC2=CC(=O)c3c(O)ccc(O)c3C2=O)[C@H](OC(C)=O)[C@@H](OC(C)=O)[C@@H]1OC(C)=O. The highest BCUT2D eigenvalue weighted by molar-refractivity contribution is 6.25. The van der Waals surface area contributed by atoms with Gasteiger partial charge in [0.25, 0.3) is 0 Å². The van der Waals surface area contributed by atoms with E-state index < -0.39 is 101 Å². The lowest BCUT2D eigenvalue weighted by atomic mass is 9.91. The molecule has 38 heavy (non-hydrogen) atoms. The first-order valence-electron chi connectivity index (χ1n) is 11.1. The molecule has 5 atom stereocenters. The van der Waals surface area contributed by atoms with Crippen molar-refractivity contribution in [1.82, 2.24) is 0 Å². The zero-order valence-corrected chi connectivity index (χ0v) is 20.6. The average Bonchev–Trinajstić information content (AvgIpc) is 2.80. The number of phenolic OH excluding ortho intramolecular Hbond substituents is 2. The topological polar surface area (TPSA) is 198 Å². The Morgan fingerprint density at radius 1 is 0.789 bits per heavy atom. The fourth-order valence-electron chi connectivity index (χ4n) is 3.94. The maximum absolute atomic E-state index is 13.1. The molecule has 204 valence electrons. The fraction of sp³-hybridized carbons (Fsp3) is 0.417. The van der Waals surface area contributed by atoms with Crippen LogP contribution in [0.3, 0.4) is 0 Å². The molecule has 1 aliphatic carbocycles. The van der Waals surface area contributed by atoms with Crippen molar-refractivity contribution in [2.24, 2.45) is 0 Å². The molecule has 1 aromatic carbocycles. The second-order valence-corrected chi connectivity index (χ2v) is 8.24. The number of benzene rings is 1. The Kier molecular flexibility index (Phi) is 8.36. The molecule has 1 saturated heterocycles. The number of allylic oxidation sites excluding steroid dienone is 2. The van der Waals surface area contributed by atoms with Crippen LogP contribution < -0.4 is 0 Å². The molecule has 0 amide bonds. The van der Waals surface area contributed by atoms with Crippen molar-refractivity contribution in [2.75, 3.05) is 6.61 Å². The second-order valence-electron chi connectivity index (χ2n) is 8.24. The van der Waals surface area contributed by atoms with Crippen LogP contribution in [0.1, 0.15) is 48.4 Å². The van der Waals surface area contributed by atoms with E-state index in [9.17, 15) is 39.0 Å². The van der Waals surface area contributed by atoms with E-state index in [1.54, 1.807) is 0 Å². The van der Waals surface area contributed by atoms with Crippen LogP contribution in [0.4, 0.5) is 0 Å². The van der Waals surface area contributed by atoms with E-state index in [1.807, 2.05) is 0 Å². The van der Waals surface area contributed by atoms with Crippen molar-refractivity contribution in [3.8, 4) is 11.5 Å². The third-order valence-corrected chi connectivity index (χ3v) is 5.31. The van der Waals surface area contributed by atoms with Gasteiger partial charge in [0.05, 0.1) is 11.1 Å². The minimum absolute atomic E-state index is 0.455. The molecule has 14 nitrogen and oxygen atoms in total. The highest BCUT2D eigenvalue weighted by atomic mass is 16.7. The molecule has 1 heterocycles. The van der Waals surface area contributed by atoms with Crippen molar-refractivity contribution in [3.63, 3.8) is 0 Å². The van der Waals surface area contributed by atoms with Crippen LogP contribution in [0, 0.1) is 0 Å². The van der Waals surface area contributed by atoms with E-state index in [0.717, 1.165) is 45.9 Å². The van der Waals surface area contributed by atoms with Crippen LogP contribution in [-0.2, 0) is 47.6 Å². The number of ketones is 2. The van der Waals surface area contributed by atoms with E-state index in [4.69, 9.17) is 28.4 Å². The number of rotatable bonds is 7. The lowest BCUT2D eigenvalue weighted by Crippen LogP contribution is -2.63. The van der Waals surface area contributed by atoms with Gasteiger partial charge < -0.3 is 38.6 Å². The standard InChI is InChI=1S/C24H24O14/c1-9(25)33-8-17-21(34-10(2)26)22(35-11(3)27)23(36-12(4)28)24(38-17)37-16-7-15(31)18-13(29)5-6-14(30)19(18)20(16)32/h5-7,17,21-24,29-30H,8H2,1-4H3/t17-,21-,22+,23-,24-/m1/s1. The van der Waals surface area contributed by atoms with Gasteiger partial charge in [-0.2, -0.15) is 0 Å². The molecule has 1 fully saturated rings. The Morgan fingerprint density at radius 3 is 1.87 bits per heavy atom. The van der Waals surface area contributed by atoms with Gasteiger partial charge in [-0.3, -0.25) is 28.8 Å². The molecule has 14 heteroatoms. The van der Waals surface area contributed by atoms with Gasteiger partial charge in [0.15, 0.2) is 23.8 Å². The minimum atomic E-state index is -1.78. The molecule has 0 unspecified atom stereocenters. The van der Waals surface area contributed by atoms with Crippen LogP contribution in [-0.4, -0.2) is 83.0 Å². The summed E-state index contributed by atoms with van der Waals surface area (Å²) in [6.45, 7) is 3.65. The molecule has 2 aliphatic rings. The Bertz CT molecular complexity index is 1210. The molecule has 0 radical (unpaired) electrons. The van der Waals surface area contributed by atoms with Crippen LogP contribution in [0.2, 0.25) is 0 Å². The van der Waals surface area contributed by atoms with Gasteiger partial charge in [-0.05, 0) is 12.1 Å². The summed E-state index contributed by atoms with van der Waals surface area (Å²) >= 11 is 0. The summed E-state index contributed by atoms with van der Waals surface area (Å²) < 4.78 is 32.1. The van der Waals surface area contributed by atoms with Crippen molar-refractivity contribution in [2.45, 2.75) is 58.4 Å². The van der Waals surface area contributed by atoms with Crippen LogP contribution in [0.25, 0.3) is 0 Å². The molecular weight excluding hydrogens is 512 g/mol. The quantitative estimate of drug-likeness (QED) is 0.277. The summed E-state index contributed by atoms with van der Waals surface area (Å²) in [5, 5.41) is 20.2. The second kappa shape index (κ2) is 11.3. The number of carbonyl (C=O) groups is 6. The summed E-state index contributed by atoms with van der Waals surface area (Å²) in [7, 11) is 0. The summed E-state index contributed by atoms with van der Waals surface area (Å²) in [5.74, 6) is -7.14. The highest BCUT2D eigenvalue weighted by Gasteiger charge is 2.54. The number of hydrogen-bond acceptors (Lipinski definition) is 14. The largest absolute Gasteiger partial charge is 0.507 e. The molecule has 1 aromatic rings. The summed E-state index contributed by atoms with van der Waals surface area (Å²) in [5.41, 5.74) is -0.998. The zero-order chi connectivity index (χ0) is 28.3. The number of hydrogen-bond donors (Lipinski definition) is 2. The maximum Gasteiger partial charge on any atom is 0.303 e. The molecule has 0 saturated carbocycles. The van der Waals surface area contributed by atoms with Gasteiger partial charge >= 0.3 is 23.9 Å². The van der Waals surface area contributed by atoms with Crippen molar-refractivity contribution < 1.29 is 67.4 Å². The van der Waals surface area contributed by atoms with Gasteiger partial charge in [-0.15, -0.1) is 0 Å². The van der Waals surface area contributed by atoms with Gasteiger partial charge in [-0.25, -0.2) is 0 Å². The molecule has 3 rings (SSSR count). The van der Waals surface area contributed by atoms with Crippen molar-refractivity contribution in [3.05, 3.63) is 35.1 Å². The maximum atomic E-state index is 13.1. The van der Waals surface area contributed by atoms with Gasteiger partial charge in [-0.1, -0.05) is 0 Å². The fourth-order valence-corrected chi connectivity index (χ4v) is 3.94. The van der Waals surface area contributed by atoms with E-state index >= 15 is 0 Å². The minimum Gasteiger partial charge on any atom is -0.507 e. The molecule has 1 aliphatic heterocycles. The Labute approximate surface area is 215 Å². The van der Waals surface area contributed by atoms with E-state index in [1.165, 1.54) is 0 Å².